The number of aromatic nitrogens is 2. The Labute approximate surface area is 254 Å². The fraction of sp³-hybridized carbons (Fsp3) is 0.152. The van der Waals surface area contributed by atoms with Gasteiger partial charge in [-0.3, -0.25) is 15.1 Å². The van der Waals surface area contributed by atoms with E-state index in [2.05, 4.69) is 90.2 Å². The lowest BCUT2D eigenvalue weighted by molar-refractivity contribution is -0.384. The molecule has 42 heavy (non-hydrogen) atoms. The third-order valence-electron chi connectivity index (χ3n) is 7.55. The fourth-order valence-electron chi connectivity index (χ4n) is 5.65. The second kappa shape index (κ2) is 11.4. The van der Waals surface area contributed by atoms with Crippen molar-refractivity contribution < 1.29 is 4.92 Å². The van der Waals surface area contributed by atoms with Gasteiger partial charge in [-0.1, -0.05) is 30.0 Å². The van der Waals surface area contributed by atoms with Gasteiger partial charge in [-0.25, -0.2) is 0 Å². The maximum atomic E-state index is 11.0. The van der Waals surface area contributed by atoms with E-state index in [1.807, 2.05) is 24.4 Å². The minimum atomic E-state index is -0.386. The lowest BCUT2D eigenvalue weighted by Gasteiger charge is -2.28. The molecule has 1 aliphatic rings. The number of non-ortho nitro benzene ring substituents is 1. The first-order valence-electron chi connectivity index (χ1n) is 13.6. The molecule has 1 fully saturated rings. The number of nitro benzene ring substituents is 1. The number of thiocarbonyl (C=S) groups is 1. The van der Waals surface area contributed by atoms with Crippen LogP contribution in [-0.4, -0.2) is 19.6 Å². The summed E-state index contributed by atoms with van der Waals surface area (Å²) in [5, 5.41) is 15.2. The molecular weight excluding hydrogens is 563 g/mol. The van der Waals surface area contributed by atoms with Crippen LogP contribution in [0.4, 0.5) is 11.4 Å². The average molecular weight is 592 g/mol. The van der Waals surface area contributed by atoms with Crippen LogP contribution in [0.15, 0.2) is 113 Å². The van der Waals surface area contributed by atoms with Crippen molar-refractivity contribution in [2.24, 2.45) is 0 Å². The SMILES string of the molecule is Cc1cccc(-n2c(C)cc([C@@H]3[C@H](c4ccccn4)NC(=S)N3c3ccc(Sc4ccc([N+](=O)[O-])cc4)cc3)c2C)c1. The highest BCUT2D eigenvalue weighted by molar-refractivity contribution is 7.99. The molecule has 3 heterocycles. The second-order valence-corrected chi connectivity index (χ2v) is 11.9. The largest absolute Gasteiger partial charge is 0.351 e. The van der Waals surface area contributed by atoms with E-state index in [4.69, 9.17) is 17.2 Å². The number of aryl methyl sites for hydroxylation is 2. The van der Waals surface area contributed by atoms with Crippen LogP contribution in [0.1, 0.15) is 40.3 Å². The third-order valence-corrected chi connectivity index (χ3v) is 8.88. The van der Waals surface area contributed by atoms with Crippen LogP contribution in [0.3, 0.4) is 0 Å². The van der Waals surface area contributed by atoms with Gasteiger partial charge in [0.15, 0.2) is 5.11 Å². The van der Waals surface area contributed by atoms with Gasteiger partial charge >= 0.3 is 0 Å². The van der Waals surface area contributed by atoms with Crippen LogP contribution in [0.25, 0.3) is 5.69 Å². The van der Waals surface area contributed by atoms with Gasteiger partial charge in [0.2, 0.25) is 0 Å². The van der Waals surface area contributed by atoms with Crippen molar-refractivity contribution in [3.05, 3.63) is 142 Å². The van der Waals surface area contributed by atoms with Gasteiger partial charge in [-0.2, -0.15) is 0 Å². The van der Waals surface area contributed by atoms with Gasteiger partial charge in [0.25, 0.3) is 5.69 Å². The highest BCUT2D eigenvalue weighted by atomic mass is 32.2. The van der Waals surface area contributed by atoms with E-state index in [0.717, 1.165) is 38.2 Å². The maximum Gasteiger partial charge on any atom is 0.269 e. The van der Waals surface area contributed by atoms with E-state index in [1.165, 1.54) is 23.3 Å². The Morgan fingerprint density at radius 3 is 2.24 bits per heavy atom. The predicted molar refractivity (Wildman–Crippen MR) is 172 cm³/mol. The van der Waals surface area contributed by atoms with Crippen LogP contribution < -0.4 is 10.2 Å². The first-order valence-corrected chi connectivity index (χ1v) is 14.8. The zero-order chi connectivity index (χ0) is 29.4. The first kappa shape index (κ1) is 27.7. The average Bonchev–Trinajstić information content (AvgIpc) is 3.48. The number of pyridine rings is 1. The molecular formula is C33H29N5O2S2. The highest BCUT2D eigenvalue weighted by Gasteiger charge is 2.42. The Hall–Kier alpha value is -4.47. The molecule has 5 aromatic rings. The topological polar surface area (TPSA) is 76.2 Å². The molecule has 3 aromatic carbocycles. The van der Waals surface area contributed by atoms with E-state index in [-0.39, 0.29) is 22.7 Å². The fourth-order valence-corrected chi connectivity index (χ4v) is 6.81. The highest BCUT2D eigenvalue weighted by Crippen LogP contribution is 2.44. The minimum absolute atomic E-state index is 0.0833. The monoisotopic (exact) mass is 591 g/mol. The van der Waals surface area contributed by atoms with Gasteiger partial charge in [0.1, 0.15) is 0 Å². The Morgan fingerprint density at radius 2 is 1.60 bits per heavy atom. The van der Waals surface area contributed by atoms with Gasteiger partial charge in [-0.05, 0) is 111 Å². The summed E-state index contributed by atoms with van der Waals surface area (Å²) in [6.45, 7) is 6.42. The Morgan fingerprint density at radius 1 is 0.881 bits per heavy atom. The molecule has 2 atom stereocenters. The lowest BCUT2D eigenvalue weighted by Crippen LogP contribution is -2.29. The maximum absolute atomic E-state index is 11.0. The third kappa shape index (κ3) is 5.29. The van der Waals surface area contributed by atoms with E-state index < -0.39 is 0 Å². The zero-order valence-corrected chi connectivity index (χ0v) is 25.0. The molecule has 0 saturated carbocycles. The van der Waals surface area contributed by atoms with Crippen molar-refractivity contribution in [3.8, 4) is 5.69 Å². The molecule has 0 spiro atoms. The quantitative estimate of drug-likeness (QED) is 0.117. The minimum Gasteiger partial charge on any atom is -0.351 e. The van der Waals surface area contributed by atoms with Gasteiger partial charge in [0.05, 0.1) is 22.7 Å². The van der Waals surface area contributed by atoms with Gasteiger partial charge in [-0.15, -0.1) is 0 Å². The number of benzene rings is 3. The number of hydrogen-bond acceptors (Lipinski definition) is 5. The molecule has 0 radical (unpaired) electrons. The molecule has 0 aliphatic carbocycles. The van der Waals surface area contributed by atoms with Crippen molar-refractivity contribution in [3.63, 3.8) is 0 Å². The summed E-state index contributed by atoms with van der Waals surface area (Å²) in [5.41, 5.74) is 7.83. The van der Waals surface area contributed by atoms with E-state index in [9.17, 15) is 10.1 Å². The van der Waals surface area contributed by atoms with Crippen molar-refractivity contribution in [2.45, 2.75) is 42.6 Å². The Bertz CT molecular complexity index is 1770. The molecule has 0 amide bonds. The summed E-state index contributed by atoms with van der Waals surface area (Å²) >= 11 is 7.52. The van der Waals surface area contributed by atoms with Crippen LogP contribution in [-0.2, 0) is 0 Å². The van der Waals surface area contributed by atoms with Crippen molar-refractivity contribution in [1.82, 2.24) is 14.9 Å². The second-order valence-electron chi connectivity index (χ2n) is 10.3. The van der Waals surface area contributed by atoms with E-state index in [1.54, 1.807) is 23.9 Å². The Kier molecular flexibility index (Phi) is 7.53. The van der Waals surface area contributed by atoms with Crippen LogP contribution >= 0.6 is 24.0 Å². The van der Waals surface area contributed by atoms with Crippen molar-refractivity contribution in [2.75, 3.05) is 4.90 Å². The van der Waals surface area contributed by atoms with Crippen LogP contribution in [0, 0.1) is 30.9 Å². The first-order chi connectivity index (χ1) is 20.3. The summed E-state index contributed by atoms with van der Waals surface area (Å²) in [6, 6.07) is 31.4. The van der Waals surface area contributed by atoms with Gasteiger partial charge < -0.3 is 14.8 Å². The summed E-state index contributed by atoms with van der Waals surface area (Å²) in [4.78, 5) is 19.5. The summed E-state index contributed by atoms with van der Waals surface area (Å²) in [7, 11) is 0. The van der Waals surface area contributed by atoms with Crippen LogP contribution in [0.5, 0.6) is 0 Å². The molecule has 1 saturated heterocycles. The zero-order valence-electron chi connectivity index (χ0n) is 23.4. The summed E-state index contributed by atoms with van der Waals surface area (Å²) in [5.74, 6) is 0. The Balaban J connectivity index is 1.37. The number of rotatable bonds is 7. The number of hydrogen-bond donors (Lipinski definition) is 1. The molecule has 1 N–H and O–H groups in total. The molecule has 210 valence electrons. The van der Waals surface area contributed by atoms with Crippen molar-refractivity contribution >= 4 is 40.5 Å². The van der Waals surface area contributed by atoms with E-state index >= 15 is 0 Å². The van der Waals surface area contributed by atoms with Crippen molar-refractivity contribution in [1.29, 1.82) is 0 Å². The van der Waals surface area contributed by atoms with E-state index in [0.29, 0.717) is 5.11 Å². The smallest absolute Gasteiger partial charge is 0.269 e. The molecule has 9 heteroatoms. The molecule has 0 bridgehead atoms. The summed E-state index contributed by atoms with van der Waals surface area (Å²) < 4.78 is 2.31. The number of nitro groups is 1. The standard InChI is InChI=1S/C33H29N5O2S2/c1-21-7-6-8-26(19-21)36-22(2)20-29(23(36)3)32-31(30-9-4-5-18-34-30)35-33(41)37(32)24-10-14-27(15-11-24)42-28-16-12-25(13-17-28)38(39)40/h4-20,31-32H,1-3H3,(H,35,41)/t31-,32+/m0/s1. The number of nitrogens with zero attached hydrogens (tertiary/aromatic N) is 4. The number of anilines is 1. The number of nitrogens with one attached hydrogen (secondary N) is 1. The molecule has 0 unspecified atom stereocenters. The molecule has 1 aliphatic heterocycles. The van der Waals surface area contributed by atoms with Gasteiger partial charge in [0, 0.05) is 50.9 Å². The molecule has 7 nitrogen and oxygen atoms in total. The lowest BCUT2D eigenvalue weighted by atomic mass is 9.96. The summed E-state index contributed by atoms with van der Waals surface area (Å²) in [6.07, 6.45) is 1.82. The molecule has 2 aromatic heterocycles. The molecule has 6 rings (SSSR count). The predicted octanol–water partition coefficient (Wildman–Crippen LogP) is 8.03. The van der Waals surface area contributed by atoms with Crippen LogP contribution in [0.2, 0.25) is 0 Å². The normalized spacial score (nSPS) is 16.5.